The van der Waals surface area contributed by atoms with E-state index in [1.54, 1.807) is 36.3 Å². The van der Waals surface area contributed by atoms with Gasteiger partial charge in [-0.25, -0.2) is 0 Å². The first kappa shape index (κ1) is 21.8. The second-order valence-corrected chi connectivity index (χ2v) is 8.43. The van der Waals surface area contributed by atoms with Crippen LogP contribution in [-0.2, 0) is 9.59 Å². The molecular formula is C26H28N2O4. The lowest BCUT2D eigenvalue weighted by molar-refractivity contribution is -0.147. The van der Waals surface area contributed by atoms with Crippen LogP contribution in [0.1, 0.15) is 35.7 Å². The van der Waals surface area contributed by atoms with Crippen molar-refractivity contribution in [1.82, 2.24) is 10.2 Å². The van der Waals surface area contributed by atoms with E-state index in [0.29, 0.717) is 37.2 Å². The Morgan fingerprint density at radius 2 is 1.62 bits per heavy atom. The quantitative estimate of drug-likeness (QED) is 0.560. The Bertz CT molecular complexity index is 1020. The first-order chi connectivity index (χ1) is 15.5. The van der Waals surface area contributed by atoms with Gasteiger partial charge in [0.25, 0.3) is 5.91 Å². The molecule has 0 spiro atoms. The fraction of sp³-hybridized carbons (Fsp3) is 0.346. The normalized spacial score (nSPS) is 20.9. The molecule has 2 aliphatic heterocycles. The molecule has 6 nitrogen and oxygen atoms in total. The maximum absolute atomic E-state index is 13.0. The van der Waals surface area contributed by atoms with Crippen LogP contribution in [0.15, 0.2) is 60.7 Å². The van der Waals surface area contributed by atoms with Crippen LogP contribution >= 0.6 is 0 Å². The average Bonchev–Trinajstić information content (AvgIpc) is 3.25. The molecule has 1 amide bonds. The lowest BCUT2D eigenvalue weighted by Crippen LogP contribution is -2.46. The molecule has 2 atom stereocenters. The summed E-state index contributed by atoms with van der Waals surface area (Å²) in [6, 6.07) is 16.7. The third-order valence-corrected chi connectivity index (χ3v) is 6.39. The van der Waals surface area contributed by atoms with E-state index in [-0.39, 0.29) is 17.7 Å². The van der Waals surface area contributed by atoms with Crippen molar-refractivity contribution in [2.75, 3.05) is 20.2 Å². The summed E-state index contributed by atoms with van der Waals surface area (Å²) in [4.78, 5) is 40.3. The highest BCUT2D eigenvalue weighted by Gasteiger charge is 2.37. The van der Waals surface area contributed by atoms with Crippen LogP contribution in [0.25, 0.3) is 5.70 Å². The molecular weight excluding hydrogens is 404 g/mol. The maximum Gasteiger partial charge on any atom is 0.290 e. The molecule has 166 valence electrons. The topological polar surface area (TPSA) is 75.7 Å². The van der Waals surface area contributed by atoms with Gasteiger partial charge in [0, 0.05) is 36.3 Å². The molecule has 2 unspecified atom stereocenters. The molecule has 32 heavy (non-hydrogen) atoms. The number of nitrogens with one attached hydrogen (secondary N) is 1. The SMILES string of the molecule is COc1ccc(C(=O)C2CCN(C(=O)C(=O)C3C=C(c4ccccc4)NC3C)CC2)cc1. The average molecular weight is 433 g/mol. The maximum atomic E-state index is 13.0. The van der Waals surface area contributed by atoms with E-state index in [2.05, 4.69) is 5.32 Å². The highest BCUT2D eigenvalue weighted by Crippen LogP contribution is 2.27. The second kappa shape index (κ2) is 9.39. The van der Waals surface area contributed by atoms with Crippen molar-refractivity contribution in [3.05, 3.63) is 71.8 Å². The number of piperidine rings is 1. The summed E-state index contributed by atoms with van der Waals surface area (Å²) in [7, 11) is 1.59. The van der Waals surface area contributed by atoms with Gasteiger partial charge in [0.05, 0.1) is 13.0 Å². The van der Waals surface area contributed by atoms with Crippen molar-refractivity contribution in [2.45, 2.75) is 25.8 Å². The number of carbonyl (C=O) groups is 3. The van der Waals surface area contributed by atoms with Crippen molar-refractivity contribution in [1.29, 1.82) is 0 Å². The van der Waals surface area contributed by atoms with Crippen LogP contribution in [0.3, 0.4) is 0 Å². The molecule has 4 rings (SSSR count). The van der Waals surface area contributed by atoms with E-state index in [4.69, 9.17) is 4.74 Å². The van der Waals surface area contributed by atoms with E-state index in [1.807, 2.05) is 43.3 Å². The zero-order chi connectivity index (χ0) is 22.7. The third kappa shape index (κ3) is 4.44. The number of amides is 1. The number of likely N-dealkylation sites (tertiary alicyclic amines) is 1. The van der Waals surface area contributed by atoms with Crippen molar-refractivity contribution in [3.8, 4) is 5.75 Å². The predicted molar refractivity (Wildman–Crippen MR) is 122 cm³/mol. The summed E-state index contributed by atoms with van der Waals surface area (Å²) in [5.74, 6) is -0.688. The van der Waals surface area contributed by atoms with Gasteiger partial charge < -0.3 is 15.0 Å². The number of carbonyl (C=O) groups excluding carboxylic acids is 3. The molecule has 2 aromatic rings. The predicted octanol–water partition coefficient (Wildman–Crippen LogP) is 3.33. The van der Waals surface area contributed by atoms with E-state index in [0.717, 1.165) is 11.3 Å². The third-order valence-electron chi connectivity index (χ3n) is 6.39. The van der Waals surface area contributed by atoms with Crippen molar-refractivity contribution in [2.24, 2.45) is 11.8 Å². The lowest BCUT2D eigenvalue weighted by atomic mass is 9.88. The summed E-state index contributed by atoms with van der Waals surface area (Å²) < 4.78 is 5.14. The molecule has 0 aromatic heterocycles. The van der Waals surface area contributed by atoms with E-state index in [1.165, 1.54) is 0 Å². The van der Waals surface area contributed by atoms with Crippen LogP contribution in [0.2, 0.25) is 0 Å². The summed E-state index contributed by atoms with van der Waals surface area (Å²) in [5.41, 5.74) is 2.53. The molecule has 0 aliphatic carbocycles. The van der Waals surface area contributed by atoms with Crippen LogP contribution < -0.4 is 10.1 Å². The fourth-order valence-corrected chi connectivity index (χ4v) is 4.44. The number of ketones is 2. The summed E-state index contributed by atoms with van der Waals surface area (Å²) in [6.45, 7) is 2.75. The minimum Gasteiger partial charge on any atom is -0.497 e. The van der Waals surface area contributed by atoms with Gasteiger partial charge in [0.15, 0.2) is 5.78 Å². The monoisotopic (exact) mass is 432 g/mol. The lowest BCUT2D eigenvalue weighted by Gasteiger charge is -2.31. The Labute approximate surface area is 188 Å². The Balaban J connectivity index is 1.36. The molecule has 2 heterocycles. The summed E-state index contributed by atoms with van der Waals surface area (Å²) in [5, 5.41) is 3.32. The number of Topliss-reactive ketones (excluding diaryl/α,β-unsaturated/α-hetero) is 2. The summed E-state index contributed by atoms with van der Waals surface area (Å²) in [6.07, 6.45) is 2.99. The highest BCUT2D eigenvalue weighted by molar-refractivity contribution is 6.37. The van der Waals surface area contributed by atoms with E-state index >= 15 is 0 Å². The number of benzene rings is 2. The smallest absolute Gasteiger partial charge is 0.290 e. The van der Waals surface area contributed by atoms with Gasteiger partial charge >= 0.3 is 0 Å². The van der Waals surface area contributed by atoms with Crippen LogP contribution in [0.5, 0.6) is 5.75 Å². The Morgan fingerprint density at radius 1 is 0.969 bits per heavy atom. The number of hydrogen-bond acceptors (Lipinski definition) is 5. The molecule has 6 heteroatoms. The van der Waals surface area contributed by atoms with Crippen LogP contribution in [0, 0.1) is 11.8 Å². The molecule has 2 aromatic carbocycles. The van der Waals surface area contributed by atoms with Gasteiger partial charge in [-0.3, -0.25) is 14.4 Å². The zero-order valence-corrected chi connectivity index (χ0v) is 18.4. The first-order valence-corrected chi connectivity index (χ1v) is 11.0. The van der Waals surface area contributed by atoms with Crippen LogP contribution in [0.4, 0.5) is 0 Å². The molecule has 0 bridgehead atoms. The van der Waals surface area contributed by atoms with Gasteiger partial charge in [-0.1, -0.05) is 30.3 Å². The number of nitrogens with zero attached hydrogens (tertiary/aromatic N) is 1. The Morgan fingerprint density at radius 3 is 2.25 bits per heavy atom. The van der Waals surface area contributed by atoms with Gasteiger partial charge in [-0.15, -0.1) is 0 Å². The fourth-order valence-electron chi connectivity index (χ4n) is 4.44. The molecule has 1 N–H and O–H groups in total. The Kier molecular flexibility index (Phi) is 6.40. The standard InChI is InChI=1S/C26H28N2O4/c1-17-22(16-23(27-17)18-6-4-3-5-7-18)25(30)26(31)28-14-12-20(13-15-28)24(29)19-8-10-21(32-2)11-9-19/h3-11,16-17,20,22,27H,12-15H2,1-2H3. The van der Waals surface area contributed by atoms with Crippen molar-refractivity contribution >= 4 is 23.2 Å². The number of ether oxygens (including phenoxy) is 1. The zero-order valence-electron chi connectivity index (χ0n) is 18.4. The largest absolute Gasteiger partial charge is 0.497 e. The Hall–Kier alpha value is -3.41. The number of methoxy groups -OCH3 is 1. The minimum absolute atomic E-state index is 0.0788. The van der Waals surface area contributed by atoms with Gasteiger partial charge in [0.2, 0.25) is 5.78 Å². The van der Waals surface area contributed by atoms with Crippen molar-refractivity contribution in [3.63, 3.8) is 0 Å². The van der Waals surface area contributed by atoms with E-state index in [9.17, 15) is 14.4 Å². The number of rotatable bonds is 6. The molecule has 0 saturated carbocycles. The van der Waals surface area contributed by atoms with Gasteiger partial charge in [-0.05, 0) is 55.7 Å². The van der Waals surface area contributed by atoms with Gasteiger partial charge in [-0.2, -0.15) is 0 Å². The van der Waals surface area contributed by atoms with Crippen LogP contribution in [-0.4, -0.2) is 48.6 Å². The second-order valence-electron chi connectivity index (χ2n) is 8.43. The molecule has 1 fully saturated rings. The number of hydrogen-bond donors (Lipinski definition) is 1. The van der Waals surface area contributed by atoms with E-state index < -0.39 is 17.6 Å². The summed E-state index contributed by atoms with van der Waals surface area (Å²) >= 11 is 0. The molecule has 0 radical (unpaired) electrons. The minimum atomic E-state index is -0.489. The first-order valence-electron chi connectivity index (χ1n) is 11.0. The van der Waals surface area contributed by atoms with Gasteiger partial charge in [0.1, 0.15) is 5.75 Å². The molecule has 1 saturated heterocycles. The van der Waals surface area contributed by atoms with Crippen molar-refractivity contribution < 1.29 is 19.1 Å². The molecule has 2 aliphatic rings. The highest BCUT2D eigenvalue weighted by atomic mass is 16.5.